The highest BCUT2D eigenvalue weighted by Crippen LogP contribution is 2.39. The van der Waals surface area contributed by atoms with Crippen LogP contribution >= 0.6 is 11.3 Å². The van der Waals surface area contributed by atoms with Crippen LogP contribution in [0.15, 0.2) is 0 Å². The van der Waals surface area contributed by atoms with E-state index in [1.807, 2.05) is 16.2 Å². The van der Waals surface area contributed by atoms with Gasteiger partial charge in [0.05, 0.1) is 12.2 Å². The summed E-state index contributed by atoms with van der Waals surface area (Å²) in [5, 5.41) is 4.44. The van der Waals surface area contributed by atoms with Gasteiger partial charge in [0, 0.05) is 49.1 Å². The fraction of sp³-hybridized carbons (Fsp3) is 0.789. The quantitative estimate of drug-likeness (QED) is 0.863. The maximum atomic E-state index is 12.6. The van der Waals surface area contributed by atoms with Crippen LogP contribution in [0.25, 0.3) is 0 Å². The van der Waals surface area contributed by atoms with Crippen LogP contribution in [0.2, 0.25) is 0 Å². The molecular weight excluding hydrogens is 346 g/mol. The van der Waals surface area contributed by atoms with Gasteiger partial charge in [0.25, 0.3) is 0 Å². The molecule has 2 atom stereocenters. The lowest BCUT2D eigenvalue weighted by atomic mass is 10.2. The molecule has 4 aliphatic rings. The van der Waals surface area contributed by atoms with Crippen LogP contribution < -0.4 is 10.2 Å². The van der Waals surface area contributed by atoms with E-state index in [1.54, 1.807) is 0 Å². The van der Waals surface area contributed by atoms with Crippen LogP contribution in [-0.2, 0) is 13.0 Å². The Morgan fingerprint density at radius 1 is 1.15 bits per heavy atom. The second-order valence-electron chi connectivity index (χ2n) is 8.48. The number of hydrogen-bond donors (Lipinski definition) is 1. The predicted molar refractivity (Wildman–Crippen MR) is 104 cm³/mol. The summed E-state index contributed by atoms with van der Waals surface area (Å²) in [7, 11) is 2.23. The lowest BCUT2D eigenvalue weighted by molar-refractivity contribution is 0.189. The molecule has 1 N–H and O–H groups in total. The van der Waals surface area contributed by atoms with Crippen LogP contribution in [-0.4, -0.2) is 65.6 Å². The molecule has 6 nitrogen and oxygen atoms in total. The Morgan fingerprint density at radius 3 is 2.62 bits per heavy atom. The molecule has 1 aromatic rings. The number of urea groups is 1. The lowest BCUT2D eigenvalue weighted by Gasteiger charge is -2.39. The number of rotatable bonds is 2. The molecule has 3 fully saturated rings. The Morgan fingerprint density at radius 2 is 1.88 bits per heavy atom. The third-order valence-corrected chi connectivity index (χ3v) is 7.67. The summed E-state index contributed by atoms with van der Waals surface area (Å²) in [5.74, 6) is 0. The SMILES string of the molecule is CN1CC2CCC(C1)N2c1nc2c(s1)CN(C(=O)NC1CCCC1)CC2. The smallest absolute Gasteiger partial charge is 0.317 e. The van der Waals surface area contributed by atoms with E-state index in [1.165, 1.54) is 41.4 Å². The topological polar surface area (TPSA) is 51.7 Å². The molecule has 2 saturated heterocycles. The largest absolute Gasteiger partial charge is 0.340 e. The summed E-state index contributed by atoms with van der Waals surface area (Å²) in [6, 6.07) is 1.75. The number of thiazole rings is 1. The third kappa shape index (κ3) is 2.99. The highest BCUT2D eigenvalue weighted by Gasteiger charge is 2.41. The van der Waals surface area contributed by atoms with Gasteiger partial charge in [-0.1, -0.05) is 24.2 Å². The number of anilines is 1. The predicted octanol–water partition coefficient (Wildman–Crippen LogP) is 2.44. The van der Waals surface area contributed by atoms with E-state index in [0.717, 1.165) is 45.4 Å². The minimum absolute atomic E-state index is 0.122. The number of nitrogens with zero attached hydrogens (tertiary/aromatic N) is 4. The second-order valence-corrected chi connectivity index (χ2v) is 9.54. The van der Waals surface area contributed by atoms with Crippen molar-refractivity contribution in [3.05, 3.63) is 10.6 Å². The highest BCUT2D eigenvalue weighted by atomic mass is 32.1. The maximum Gasteiger partial charge on any atom is 0.317 e. The molecule has 2 bridgehead atoms. The van der Waals surface area contributed by atoms with Gasteiger partial charge in [-0.3, -0.25) is 0 Å². The first-order valence-corrected chi connectivity index (χ1v) is 11.0. The summed E-state index contributed by atoms with van der Waals surface area (Å²) < 4.78 is 0. The number of carbonyl (C=O) groups is 1. The van der Waals surface area contributed by atoms with Crippen LogP contribution in [0.3, 0.4) is 0 Å². The number of piperazine rings is 1. The molecule has 2 amide bonds. The standard InChI is InChI=1S/C19H29N5OS/c1-22-10-14-6-7-15(11-22)24(14)19-21-16-8-9-23(12-17(16)26-19)18(25)20-13-4-2-3-5-13/h13-15H,2-12H2,1H3,(H,20,25). The van der Waals surface area contributed by atoms with Crippen LogP contribution in [0, 0.1) is 0 Å². The van der Waals surface area contributed by atoms with Gasteiger partial charge in [-0.25, -0.2) is 9.78 Å². The fourth-order valence-electron chi connectivity index (χ4n) is 5.23. The highest BCUT2D eigenvalue weighted by molar-refractivity contribution is 7.15. The Kier molecular flexibility index (Phi) is 4.32. The number of aromatic nitrogens is 1. The van der Waals surface area contributed by atoms with Crippen molar-refractivity contribution in [2.45, 2.75) is 69.6 Å². The molecule has 7 heteroatoms. The number of carbonyl (C=O) groups excluding carboxylic acids is 1. The van der Waals surface area contributed by atoms with Gasteiger partial charge in [-0.15, -0.1) is 0 Å². The monoisotopic (exact) mass is 375 g/mol. The van der Waals surface area contributed by atoms with E-state index in [0.29, 0.717) is 18.1 Å². The molecule has 26 heavy (non-hydrogen) atoms. The molecule has 0 radical (unpaired) electrons. The number of fused-ring (bicyclic) bond motifs is 3. The van der Waals surface area contributed by atoms with Gasteiger partial charge in [-0.05, 0) is 32.7 Å². The van der Waals surface area contributed by atoms with Gasteiger partial charge in [0.15, 0.2) is 5.13 Å². The number of amides is 2. The van der Waals surface area contributed by atoms with E-state index in [9.17, 15) is 4.79 Å². The summed E-state index contributed by atoms with van der Waals surface area (Å²) in [6.45, 7) is 3.83. The van der Waals surface area contributed by atoms with Gasteiger partial charge < -0.3 is 20.0 Å². The summed E-state index contributed by atoms with van der Waals surface area (Å²) in [5.41, 5.74) is 1.23. The Bertz CT molecular complexity index is 671. The minimum Gasteiger partial charge on any atom is -0.340 e. The molecule has 1 aromatic heterocycles. The summed E-state index contributed by atoms with van der Waals surface area (Å²) >= 11 is 1.83. The first-order chi connectivity index (χ1) is 12.7. The number of hydrogen-bond acceptors (Lipinski definition) is 5. The second kappa shape index (κ2) is 6.68. The van der Waals surface area contributed by atoms with Gasteiger partial charge in [0.1, 0.15) is 0 Å². The Labute approximate surface area is 159 Å². The first kappa shape index (κ1) is 16.8. The van der Waals surface area contributed by atoms with Crippen molar-refractivity contribution in [3.8, 4) is 0 Å². The molecule has 4 heterocycles. The Hall–Kier alpha value is -1.34. The van der Waals surface area contributed by atoms with Gasteiger partial charge in [-0.2, -0.15) is 0 Å². The van der Waals surface area contributed by atoms with Crippen molar-refractivity contribution < 1.29 is 4.79 Å². The van der Waals surface area contributed by atoms with Gasteiger partial charge in [0.2, 0.25) is 0 Å². The van der Waals surface area contributed by atoms with E-state index < -0.39 is 0 Å². The molecule has 1 aliphatic carbocycles. The molecule has 5 rings (SSSR count). The number of likely N-dealkylation sites (tertiary alicyclic amines) is 1. The third-order valence-electron chi connectivity index (χ3n) is 6.58. The maximum absolute atomic E-state index is 12.6. The first-order valence-electron chi connectivity index (χ1n) is 10.2. The lowest BCUT2D eigenvalue weighted by Crippen LogP contribution is -2.52. The van der Waals surface area contributed by atoms with Crippen LogP contribution in [0.5, 0.6) is 0 Å². The number of nitrogens with one attached hydrogen (secondary N) is 1. The zero-order valence-corrected chi connectivity index (χ0v) is 16.4. The van der Waals surface area contributed by atoms with Crippen molar-refractivity contribution in [2.75, 3.05) is 31.6 Å². The Balaban J connectivity index is 1.28. The van der Waals surface area contributed by atoms with E-state index in [-0.39, 0.29) is 6.03 Å². The van der Waals surface area contributed by atoms with Crippen LogP contribution in [0.4, 0.5) is 9.93 Å². The van der Waals surface area contributed by atoms with Crippen LogP contribution in [0.1, 0.15) is 49.1 Å². The normalized spacial score (nSPS) is 29.3. The zero-order chi connectivity index (χ0) is 17.7. The van der Waals surface area contributed by atoms with Crippen molar-refractivity contribution in [1.82, 2.24) is 20.1 Å². The summed E-state index contributed by atoms with van der Waals surface area (Å²) in [6.07, 6.45) is 8.25. The molecule has 1 saturated carbocycles. The fourth-order valence-corrected chi connectivity index (χ4v) is 6.49. The van der Waals surface area contributed by atoms with Crippen molar-refractivity contribution in [3.63, 3.8) is 0 Å². The minimum atomic E-state index is 0.122. The summed E-state index contributed by atoms with van der Waals surface area (Å²) in [4.78, 5) is 25.9. The van der Waals surface area contributed by atoms with Gasteiger partial charge >= 0.3 is 6.03 Å². The molecule has 142 valence electrons. The van der Waals surface area contributed by atoms with Crippen molar-refractivity contribution in [2.24, 2.45) is 0 Å². The van der Waals surface area contributed by atoms with E-state index in [4.69, 9.17) is 4.98 Å². The number of likely N-dealkylation sites (N-methyl/N-ethyl adjacent to an activating group) is 1. The average molecular weight is 376 g/mol. The molecule has 0 aromatic carbocycles. The zero-order valence-electron chi connectivity index (χ0n) is 15.6. The molecule has 2 unspecified atom stereocenters. The van der Waals surface area contributed by atoms with Crippen molar-refractivity contribution >= 4 is 22.5 Å². The van der Waals surface area contributed by atoms with E-state index in [2.05, 4.69) is 22.2 Å². The van der Waals surface area contributed by atoms with E-state index >= 15 is 0 Å². The molecular formula is C19H29N5OS. The average Bonchev–Trinajstić information content (AvgIpc) is 3.32. The molecule has 3 aliphatic heterocycles. The van der Waals surface area contributed by atoms with Crippen molar-refractivity contribution in [1.29, 1.82) is 0 Å². The molecule has 0 spiro atoms.